The van der Waals surface area contributed by atoms with Crippen LogP contribution in [0.4, 0.5) is 19.0 Å². The number of benzene rings is 1. The molecule has 1 aromatic carbocycles. The van der Waals surface area contributed by atoms with E-state index in [4.69, 9.17) is 0 Å². The molecule has 0 fully saturated rings. The maximum absolute atomic E-state index is 13.2. The number of alkyl halides is 3. The number of aromatic nitrogens is 3. The van der Waals surface area contributed by atoms with Crippen LogP contribution in [0.2, 0.25) is 0 Å². The second kappa shape index (κ2) is 8.50. The van der Waals surface area contributed by atoms with Crippen molar-refractivity contribution in [3.63, 3.8) is 0 Å². The van der Waals surface area contributed by atoms with E-state index in [0.29, 0.717) is 22.8 Å². The Bertz CT molecular complexity index is 1330. The number of nitrogens with zero attached hydrogens (tertiary/aromatic N) is 4. The van der Waals surface area contributed by atoms with Gasteiger partial charge in [-0.1, -0.05) is 24.3 Å². The van der Waals surface area contributed by atoms with Crippen molar-refractivity contribution < 1.29 is 22.8 Å². The Balaban J connectivity index is 1.68. The Morgan fingerprint density at radius 2 is 1.73 bits per heavy atom. The van der Waals surface area contributed by atoms with Crippen LogP contribution in [-0.4, -0.2) is 32.8 Å². The largest absolute Gasteiger partial charge is 0.417 e. The molecular formula is C24H19F3N4O2. The molecule has 0 saturated carbocycles. The number of hydrogen-bond acceptors (Lipinski definition) is 4. The lowest BCUT2D eigenvalue weighted by molar-refractivity contribution is -0.137. The molecule has 0 bridgehead atoms. The molecule has 0 atom stereocenters. The molecule has 0 aliphatic rings. The van der Waals surface area contributed by atoms with Crippen LogP contribution in [-0.2, 0) is 6.18 Å². The van der Waals surface area contributed by atoms with Gasteiger partial charge in [-0.2, -0.15) is 18.3 Å². The molecule has 3 aromatic heterocycles. The zero-order valence-electron chi connectivity index (χ0n) is 17.8. The van der Waals surface area contributed by atoms with Crippen molar-refractivity contribution in [1.29, 1.82) is 0 Å². The summed E-state index contributed by atoms with van der Waals surface area (Å²) in [6.45, 7) is 3.44. The fraction of sp³-hybridized carbons (Fsp3) is 0.167. The average molecular weight is 452 g/mol. The van der Waals surface area contributed by atoms with E-state index in [1.807, 2.05) is 12.1 Å². The minimum Gasteiger partial charge on any atom is -0.295 e. The van der Waals surface area contributed by atoms with Gasteiger partial charge in [-0.15, -0.1) is 0 Å². The van der Waals surface area contributed by atoms with Crippen LogP contribution in [0.15, 0.2) is 67.1 Å². The topological polar surface area (TPSA) is 67.6 Å². The number of amides is 1. The van der Waals surface area contributed by atoms with Crippen LogP contribution < -0.4 is 4.90 Å². The predicted molar refractivity (Wildman–Crippen MR) is 117 cm³/mol. The zero-order valence-corrected chi connectivity index (χ0v) is 17.8. The van der Waals surface area contributed by atoms with E-state index in [-0.39, 0.29) is 18.1 Å². The van der Waals surface area contributed by atoms with Crippen molar-refractivity contribution in [2.45, 2.75) is 20.0 Å². The smallest absolute Gasteiger partial charge is 0.295 e. The molecule has 1 amide bonds. The number of ketones is 1. The molecule has 9 heteroatoms. The molecule has 0 aliphatic heterocycles. The summed E-state index contributed by atoms with van der Waals surface area (Å²) in [4.78, 5) is 29.9. The van der Waals surface area contributed by atoms with E-state index in [1.54, 1.807) is 48.1 Å². The fourth-order valence-corrected chi connectivity index (χ4v) is 3.50. The second-order valence-corrected chi connectivity index (χ2v) is 7.39. The van der Waals surface area contributed by atoms with Crippen LogP contribution in [0.1, 0.15) is 40.1 Å². The number of fused-ring (bicyclic) bond motifs is 1. The van der Waals surface area contributed by atoms with E-state index >= 15 is 0 Å². The quantitative estimate of drug-likeness (QED) is 0.386. The lowest BCUT2D eigenvalue weighted by atomic mass is 10.0. The van der Waals surface area contributed by atoms with Crippen LogP contribution in [0.3, 0.4) is 0 Å². The summed E-state index contributed by atoms with van der Waals surface area (Å²) in [5.74, 6) is -0.305. The number of carbonyl (C=O) groups excluding carboxylic acids is 2. The van der Waals surface area contributed by atoms with Gasteiger partial charge in [-0.25, -0.2) is 9.50 Å². The Hall–Kier alpha value is -4.01. The Morgan fingerprint density at radius 1 is 1.00 bits per heavy atom. The molecule has 0 spiro atoms. The molecule has 33 heavy (non-hydrogen) atoms. The summed E-state index contributed by atoms with van der Waals surface area (Å²) < 4.78 is 40.1. The summed E-state index contributed by atoms with van der Waals surface area (Å²) in [5, 5.41) is 4.31. The highest BCUT2D eigenvalue weighted by Crippen LogP contribution is 2.30. The maximum atomic E-state index is 13.2. The van der Waals surface area contributed by atoms with E-state index in [0.717, 1.165) is 17.2 Å². The van der Waals surface area contributed by atoms with Crippen LogP contribution in [0.25, 0.3) is 16.6 Å². The van der Waals surface area contributed by atoms with E-state index in [1.165, 1.54) is 17.9 Å². The summed E-state index contributed by atoms with van der Waals surface area (Å²) >= 11 is 0. The summed E-state index contributed by atoms with van der Waals surface area (Å²) in [7, 11) is 0. The monoisotopic (exact) mass is 452 g/mol. The average Bonchev–Trinajstić information content (AvgIpc) is 3.22. The molecule has 6 nitrogen and oxygen atoms in total. The van der Waals surface area contributed by atoms with Gasteiger partial charge in [0.25, 0.3) is 5.91 Å². The number of hydrogen-bond donors (Lipinski definition) is 0. The summed E-state index contributed by atoms with van der Waals surface area (Å²) in [6.07, 6.45) is -0.474. The predicted octanol–water partition coefficient (Wildman–Crippen LogP) is 5.28. The Morgan fingerprint density at radius 3 is 2.30 bits per heavy atom. The first kappa shape index (κ1) is 22.2. The Labute approximate surface area is 187 Å². The normalized spacial score (nSPS) is 11.5. The standard InChI is InChI=1S/C24H19F3N4O2/c1-3-30(22-9-8-19(13-28-22)24(25,26)27)23(33)18-10-11-31-21(12-18)20(14-29-31)17-6-4-16(5-7-17)15(2)32/h4-14H,3H2,1-2H3. The second-order valence-electron chi connectivity index (χ2n) is 7.39. The molecule has 0 radical (unpaired) electrons. The molecule has 0 aliphatic carbocycles. The highest BCUT2D eigenvalue weighted by molar-refractivity contribution is 6.06. The molecule has 0 N–H and O–H groups in total. The molecule has 3 heterocycles. The highest BCUT2D eigenvalue weighted by atomic mass is 19.4. The molecule has 0 unspecified atom stereocenters. The third kappa shape index (κ3) is 4.34. The minimum absolute atomic E-state index is 0.0363. The SMILES string of the molecule is CCN(C(=O)c1ccn2ncc(-c3ccc(C(C)=O)cc3)c2c1)c1ccc(C(F)(F)F)cn1. The van der Waals surface area contributed by atoms with Gasteiger partial charge >= 0.3 is 6.18 Å². The molecule has 0 saturated heterocycles. The molecule has 168 valence electrons. The minimum atomic E-state index is -4.50. The number of pyridine rings is 2. The van der Waals surface area contributed by atoms with Crippen molar-refractivity contribution in [1.82, 2.24) is 14.6 Å². The van der Waals surface area contributed by atoms with Gasteiger partial charge in [0.2, 0.25) is 0 Å². The van der Waals surface area contributed by atoms with E-state index in [9.17, 15) is 22.8 Å². The van der Waals surface area contributed by atoms with E-state index < -0.39 is 17.6 Å². The van der Waals surface area contributed by atoms with Gasteiger partial charge in [0.15, 0.2) is 5.78 Å². The number of Topliss-reactive ketones (excluding diaryl/α,β-unsaturated/α-hetero) is 1. The first-order valence-corrected chi connectivity index (χ1v) is 10.1. The number of halogens is 3. The summed E-state index contributed by atoms with van der Waals surface area (Å²) in [5.41, 5.74) is 2.33. The van der Waals surface area contributed by atoms with Crippen molar-refractivity contribution in [3.05, 3.63) is 83.8 Å². The first-order chi connectivity index (χ1) is 15.7. The van der Waals surface area contributed by atoms with Crippen LogP contribution in [0, 0.1) is 0 Å². The zero-order chi connectivity index (χ0) is 23.8. The van der Waals surface area contributed by atoms with Gasteiger partial charge in [-0.05, 0) is 43.7 Å². The van der Waals surface area contributed by atoms with Gasteiger partial charge in [0.05, 0.1) is 17.3 Å². The molecule has 4 aromatic rings. The van der Waals surface area contributed by atoms with Gasteiger partial charge in [0, 0.05) is 35.6 Å². The number of carbonyl (C=O) groups is 2. The lowest BCUT2D eigenvalue weighted by Crippen LogP contribution is -2.31. The van der Waals surface area contributed by atoms with Crippen LogP contribution in [0.5, 0.6) is 0 Å². The fourth-order valence-electron chi connectivity index (χ4n) is 3.50. The molecular weight excluding hydrogens is 433 g/mol. The van der Waals surface area contributed by atoms with Gasteiger partial charge < -0.3 is 0 Å². The third-order valence-electron chi connectivity index (χ3n) is 5.28. The maximum Gasteiger partial charge on any atom is 0.417 e. The van der Waals surface area contributed by atoms with Crippen molar-refractivity contribution in [2.24, 2.45) is 0 Å². The summed E-state index contributed by atoms with van der Waals surface area (Å²) in [6, 6.07) is 12.4. The number of rotatable bonds is 5. The van der Waals surface area contributed by atoms with Crippen molar-refractivity contribution in [2.75, 3.05) is 11.4 Å². The van der Waals surface area contributed by atoms with Gasteiger partial charge in [-0.3, -0.25) is 14.5 Å². The lowest BCUT2D eigenvalue weighted by Gasteiger charge is -2.20. The Kier molecular flexibility index (Phi) is 5.71. The van der Waals surface area contributed by atoms with Crippen molar-refractivity contribution in [3.8, 4) is 11.1 Å². The third-order valence-corrected chi connectivity index (χ3v) is 5.28. The molecule has 4 rings (SSSR count). The first-order valence-electron chi connectivity index (χ1n) is 10.1. The van der Waals surface area contributed by atoms with Crippen LogP contribution >= 0.6 is 0 Å². The van der Waals surface area contributed by atoms with Gasteiger partial charge in [0.1, 0.15) is 5.82 Å². The van der Waals surface area contributed by atoms with E-state index in [2.05, 4.69) is 10.1 Å². The van der Waals surface area contributed by atoms with Crippen molar-refractivity contribution >= 4 is 23.0 Å². The highest BCUT2D eigenvalue weighted by Gasteiger charge is 2.31. The number of anilines is 1.